The van der Waals surface area contributed by atoms with Gasteiger partial charge in [0.2, 0.25) is 0 Å². The largest absolute Gasteiger partial charge is 0.482 e. The summed E-state index contributed by atoms with van der Waals surface area (Å²) in [6.45, 7) is 1.26. The molecule has 0 unspecified atom stereocenters. The summed E-state index contributed by atoms with van der Waals surface area (Å²) in [5.41, 5.74) is 2.45. The molecule has 2 aromatic carbocycles. The molecule has 0 atom stereocenters. The van der Waals surface area contributed by atoms with Crippen molar-refractivity contribution in [3.63, 3.8) is 0 Å². The third-order valence-corrected chi connectivity index (χ3v) is 3.23. The summed E-state index contributed by atoms with van der Waals surface area (Å²) in [6, 6.07) is 16.2. The third-order valence-electron chi connectivity index (χ3n) is 3.23. The molecule has 6 nitrogen and oxygen atoms in total. The quantitative estimate of drug-likeness (QED) is 0.784. The molecular formula is C19H18N2O4. The van der Waals surface area contributed by atoms with E-state index in [1.807, 2.05) is 25.1 Å². The number of hydrogen-bond acceptors (Lipinski definition) is 5. The number of benzene rings is 2. The SMILES string of the molecule is Cc1cccc(OCC(=O)OCC(=O)Nc2ccc(CC#N)cc2)c1. The lowest BCUT2D eigenvalue weighted by atomic mass is 10.1. The second-order valence-corrected chi connectivity index (χ2v) is 5.35. The minimum absolute atomic E-state index is 0.264. The fourth-order valence-electron chi connectivity index (χ4n) is 2.03. The molecule has 0 heterocycles. The average Bonchev–Trinajstić information content (AvgIpc) is 2.60. The van der Waals surface area contributed by atoms with Gasteiger partial charge in [-0.15, -0.1) is 0 Å². The van der Waals surface area contributed by atoms with Gasteiger partial charge in [-0.05, 0) is 42.3 Å². The summed E-state index contributed by atoms with van der Waals surface area (Å²) < 4.78 is 10.2. The zero-order valence-electron chi connectivity index (χ0n) is 13.8. The van der Waals surface area contributed by atoms with Crippen LogP contribution in [0.4, 0.5) is 5.69 Å². The summed E-state index contributed by atoms with van der Waals surface area (Å²) in [5.74, 6) is -0.503. The van der Waals surface area contributed by atoms with Crippen molar-refractivity contribution in [2.45, 2.75) is 13.3 Å². The molecule has 1 N–H and O–H groups in total. The predicted molar refractivity (Wildman–Crippen MR) is 92.0 cm³/mol. The van der Waals surface area contributed by atoms with Gasteiger partial charge in [0.05, 0.1) is 12.5 Å². The van der Waals surface area contributed by atoms with Gasteiger partial charge in [-0.2, -0.15) is 5.26 Å². The van der Waals surface area contributed by atoms with Gasteiger partial charge >= 0.3 is 5.97 Å². The van der Waals surface area contributed by atoms with Crippen LogP contribution in [-0.4, -0.2) is 25.1 Å². The zero-order chi connectivity index (χ0) is 18.1. The van der Waals surface area contributed by atoms with Gasteiger partial charge in [0.15, 0.2) is 13.2 Å². The Morgan fingerprint density at radius 1 is 1.12 bits per heavy atom. The van der Waals surface area contributed by atoms with Crippen molar-refractivity contribution in [3.05, 3.63) is 59.7 Å². The van der Waals surface area contributed by atoms with E-state index in [-0.39, 0.29) is 6.61 Å². The third kappa shape index (κ3) is 6.36. The van der Waals surface area contributed by atoms with E-state index in [1.165, 1.54) is 0 Å². The Hall–Kier alpha value is -3.33. The molecule has 0 spiro atoms. The number of carbonyl (C=O) groups excluding carboxylic acids is 2. The van der Waals surface area contributed by atoms with Gasteiger partial charge in [-0.3, -0.25) is 4.79 Å². The number of carbonyl (C=O) groups is 2. The van der Waals surface area contributed by atoms with Crippen molar-refractivity contribution in [2.24, 2.45) is 0 Å². The Morgan fingerprint density at radius 2 is 1.88 bits per heavy atom. The second-order valence-electron chi connectivity index (χ2n) is 5.35. The van der Waals surface area contributed by atoms with E-state index in [4.69, 9.17) is 14.7 Å². The molecule has 1 amide bonds. The molecular weight excluding hydrogens is 320 g/mol. The normalized spacial score (nSPS) is 9.76. The molecule has 0 aliphatic rings. The molecule has 0 radical (unpaired) electrons. The van der Waals surface area contributed by atoms with Gasteiger partial charge < -0.3 is 14.8 Å². The Balaban J connectivity index is 1.72. The van der Waals surface area contributed by atoms with Crippen LogP contribution in [0.25, 0.3) is 0 Å². The zero-order valence-corrected chi connectivity index (χ0v) is 13.8. The fraction of sp³-hybridized carbons (Fsp3) is 0.211. The van der Waals surface area contributed by atoms with Crippen LogP contribution in [0.3, 0.4) is 0 Å². The predicted octanol–water partition coefficient (Wildman–Crippen LogP) is 2.62. The van der Waals surface area contributed by atoms with Crippen molar-refractivity contribution in [1.82, 2.24) is 0 Å². The molecule has 0 aliphatic carbocycles. The van der Waals surface area contributed by atoms with E-state index >= 15 is 0 Å². The summed E-state index contributed by atoms with van der Waals surface area (Å²) in [6.07, 6.45) is 0.312. The first-order valence-electron chi connectivity index (χ1n) is 7.67. The van der Waals surface area contributed by atoms with E-state index < -0.39 is 18.5 Å². The van der Waals surface area contributed by atoms with E-state index in [1.54, 1.807) is 36.4 Å². The van der Waals surface area contributed by atoms with Crippen molar-refractivity contribution in [2.75, 3.05) is 18.5 Å². The van der Waals surface area contributed by atoms with Crippen LogP contribution in [0.1, 0.15) is 11.1 Å². The number of aryl methyl sites for hydroxylation is 1. The van der Waals surface area contributed by atoms with Gasteiger partial charge in [-0.25, -0.2) is 4.79 Å². The first-order valence-corrected chi connectivity index (χ1v) is 7.67. The van der Waals surface area contributed by atoms with Crippen LogP contribution >= 0.6 is 0 Å². The van der Waals surface area contributed by atoms with Crippen LogP contribution in [0.5, 0.6) is 5.75 Å². The van der Waals surface area contributed by atoms with E-state index in [2.05, 4.69) is 5.32 Å². The first-order chi connectivity index (χ1) is 12.1. The van der Waals surface area contributed by atoms with Gasteiger partial charge in [-0.1, -0.05) is 24.3 Å². The number of esters is 1. The number of nitrogens with zero attached hydrogens (tertiary/aromatic N) is 1. The highest BCUT2D eigenvalue weighted by atomic mass is 16.6. The van der Waals surface area contributed by atoms with Crippen LogP contribution < -0.4 is 10.1 Å². The lowest BCUT2D eigenvalue weighted by Crippen LogP contribution is -2.23. The van der Waals surface area contributed by atoms with Crippen molar-refractivity contribution in [3.8, 4) is 11.8 Å². The Kier molecular flexibility index (Phi) is 6.55. The summed E-state index contributed by atoms with van der Waals surface area (Å²) >= 11 is 0. The fourth-order valence-corrected chi connectivity index (χ4v) is 2.03. The Labute approximate surface area is 146 Å². The van der Waals surface area contributed by atoms with Crippen molar-refractivity contribution in [1.29, 1.82) is 5.26 Å². The summed E-state index contributed by atoms with van der Waals surface area (Å²) in [5, 5.41) is 11.2. The lowest BCUT2D eigenvalue weighted by Gasteiger charge is -2.08. The van der Waals surface area contributed by atoms with Crippen LogP contribution in [0, 0.1) is 18.3 Å². The Morgan fingerprint density at radius 3 is 2.56 bits per heavy atom. The van der Waals surface area contributed by atoms with Gasteiger partial charge in [0.1, 0.15) is 5.75 Å². The highest BCUT2D eigenvalue weighted by Crippen LogP contribution is 2.12. The maximum Gasteiger partial charge on any atom is 0.344 e. The molecule has 0 aliphatic heterocycles. The second kappa shape index (κ2) is 9.08. The minimum Gasteiger partial charge on any atom is -0.482 e. The highest BCUT2D eigenvalue weighted by Gasteiger charge is 2.09. The number of hydrogen-bond donors (Lipinski definition) is 1. The van der Waals surface area contributed by atoms with Crippen molar-refractivity contribution < 1.29 is 19.1 Å². The number of nitriles is 1. The van der Waals surface area contributed by atoms with E-state index in [0.29, 0.717) is 17.9 Å². The molecule has 25 heavy (non-hydrogen) atoms. The molecule has 0 saturated carbocycles. The van der Waals surface area contributed by atoms with E-state index in [0.717, 1.165) is 11.1 Å². The Bertz CT molecular complexity index is 779. The molecule has 6 heteroatoms. The standard InChI is InChI=1S/C19H18N2O4/c1-14-3-2-4-17(11-14)24-13-19(23)25-12-18(22)21-16-7-5-15(6-8-16)9-10-20/h2-8,11H,9,12-13H2,1H3,(H,21,22). The summed E-state index contributed by atoms with van der Waals surface area (Å²) in [7, 11) is 0. The topological polar surface area (TPSA) is 88.4 Å². The first kappa shape index (κ1) is 18.0. The average molecular weight is 338 g/mol. The number of ether oxygens (including phenoxy) is 2. The molecule has 128 valence electrons. The number of nitrogens with one attached hydrogen (secondary N) is 1. The maximum absolute atomic E-state index is 11.8. The van der Waals surface area contributed by atoms with Gasteiger partial charge in [0, 0.05) is 5.69 Å². The monoisotopic (exact) mass is 338 g/mol. The number of rotatable bonds is 7. The van der Waals surface area contributed by atoms with E-state index in [9.17, 15) is 9.59 Å². The molecule has 0 bridgehead atoms. The van der Waals surface area contributed by atoms with Crippen LogP contribution in [0.2, 0.25) is 0 Å². The van der Waals surface area contributed by atoms with Gasteiger partial charge in [0.25, 0.3) is 5.91 Å². The smallest absolute Gasteiger partial charge is 0.344 e. The number of amides is 1. The van der Waals surface area contributed by atoms with Crippen LogP contribution in [-0.2, 0) is 20.7 Å². The molecule has 2 aromatic rings. The molecule has 0 aromatic heterocycles. The molecule has 0 fully saturated rings. The number of anilines is 1. The lowest BCUT2D eigenvalue weighted by molar-refractivity contribution is -0.149. The molecule has 0 saturated heterocycles. The highest BCUT2D eigenvalue weighted by molar-refractivity contribution is 5.92. The van der Waals surface area contributed by atoms with Crippen molar-refractivity contribution >= 4 is 17.6 Å². The molecule has 2 rings (SSSR count). The summed E-state index contributed by atoms with van der Waals surface area (Å²) in [4.78, 5) is 23.4. The maximum atomic E-state index is 11.8. The van der Waals surface area contributed by atoms with Crippen LogP contribution in [0.15, 0.2) is 48.5 Å². The minimum atomic E-state index is -0.624.